The van der Waals surface area contributed by atoms with Gasteiger partial charge in [0.2, 0.25) is 5.91 Å². The van der Waals surface area contributed by atoms with Crippen molar-refractivity contribution in [3.63, 3.8) is 0 Å². The van der Waals surface area contributed by atoms with Crippen LogP contribution in [0.5, 0.6) is 0 Å². The molecule has 0 aromatic carbocycles. The van der Waals surface area contributed by atoms with Gasteiger partial charge < -0.3 is 15.4 Å². The Morgan fingerprint density at radius 2 is 2.18 bits per heavy atom. The highest BCUT2D eigenvalue weighted by atomic mass is 35.5. The lowest BCUT2D eigenvalue weighted by Gasteiger charge is -2.42. The van der Waals surface area contributed by atoms with Crippen molar-refractivity contribution in [1.82, 2.24) is 4.90 Å². The van der Waals surface area contributed by atoms with E-state index in [1.54, 1.807) is 0 Å². The molecule has 5 heteroatoms. The van der Waals surface area contributed by atoms with E-state index < -0.39 is 0 Å². The van der Waals surface area contributed by atoms with Gasteiger partial charge in [-0.15, -0.1) is 12.4 Å². The van der Waals surface area contributed by atoms with Gasteiger partial charge in [0.25, 0.3) is 0 Å². The van der Waals surface area contributed by atoms with Crippen LogP contribution in [0, 0.1) is 5.41 Å². The lowest BCUT2D eigenvalue weighted by Crippen LogP contribution is -2.54. The van der Waals surface area contributed by atoms with Crippen molar-refractivity contribution >= 4 is 18.3 Å². The number of hydrogen-bond donors (Lipinski definition) is 1. The SMILES string of the molecule is CCOCCC(=O)N1CCC(N)C(C)(C)C1.Cl. The Kier molecular flexibility index (Phi) is 7.05. The highest BCUT2D eigenvalue weighted by Crippen LogP contribution is 2.27. The molecule has 2 N–H and O–H groups in total. The third-order valence-corrected chi connectivity index (χ3v) is 3.33. The normalized spacial score (nSPS) is 23.1. The maximum absolute atomic E-state index is 11.9. The third-order valence-electron chi connectivity index (χ3n) is 3.33. The molecule has 0 saturated carbocycles. The number of nitrogens with two attached hydrogens (primary N) is 1. The fourth-order valence-electron chi connectivity index (χ4n) is 2.05. The Bertz CT molecular complexity index is 247. The predicted octanol–water partition coefficient (Wildman–Crippen LogP) is 1.42. The molecule has 1 aliphatic rings. The van der Waals surface area contributed by atoms with Gasteiger partial charge in [-0.1, -0.05) is 13.8 Å². The van der Waals surface area contributed by atoms with Crippen molar-refractivity contribution in [2.75, 3.05) is 26.3 Å². The highest BCUT2D eigenvalue weighted by molar-refractivity contribution is 5.85. The summed E-state index contributed by atoms with van der Waals surface area (Å²) in [6, 6.07) is 0.198. The molecular weight excluding hydrogens is 240 g/mol. The molecule has 1 heterocycles. The van der Waals surface area contributed by atoms with Crippen LogP contribution >= 0.6 is 12.4 Å². The van der Waals surface area contributed by atoms with Crippen LogP contribution in [0.1, 0.15) is 33.6 Å². The van der Waals surface area contributed by atoms with Crippen molar-refractivity contribution in [1.29, 1.82) is 0 Å². The zero-order chi connectivity index (χ0) is 12.2. The van der Waals surface area contributed by atoms with Crippen LogP contribution in [0.15, 0.2) is 0 Å². The number of carbonyl (C=O) groups excluding carboxylic acids is 1. The molecular formula is C12H25ClN2O2. The van der Waals surface area contributed by atoms with Crippen molar-refractivity contribution in [2.45, 2.75) is 39.7 Å². The molecule has 1 aliphatic heterocycles. The van der Waals surface area contributed by atoms with E-state index in [1.165, 1.54) is 0 Å². The summed E-state index contributed by atoms with van der Waals surface area (Å²) in [6.07, 6.45) is 1.38. The summed E-state index contributed by atoms with van der Waals surface area (Å²) in [5, 5.41) is 0. The Hall–Kier alpha value is -0.320. The van der Waals surface area contributed by atoms with E-state index >= 15 is 0 Å². The minimum absolute atomic E-state index is 0. The Labute approximate surface area is 110 Å². The average Bonchev–Trinajstić information content (AvgIpc) is 2.22. The van der Waals surface area contributed by atoms with Crippen LogP contribution in [0.3, 0.4) is 0 Å². The van der Waals surface area contributed by atoms with Gasteiger partial charge >= 0.3 is 0 Å². The van der Waals surface area contributed by atoms with Crippen molar-refractivity contribution < 1.29 is 9.53 Å². The van der Waals surface area contributed by atoms with E-state index in [4.69, 9.17) is 10.5 Å². The van der Waals surface area contributed by atoms with Gasteiger partial charge in [-0.2, -0.15) is 0 Å². The van der Waals surface area contributed by atoms with E-state index in [2.05, 4.69) is 13.8 Å². The summed E-state index contributed by atoms with van der Waals surface area (Å²) >= 11 is 0. The van der Waals surface area contributed by atoms with Crippen LogP contribution in [0.2, 0.25) is 0 Å². The van der Waals surface area contributed by atoms with Gasteiger partial charge in [0.1, 0.15) is 0 Å². The molecule has 102 valence electrons. The highest BCUT2D eigenvalue weighted by Gasteiger charge is 2.34. The number of halogens is 1. The van der Waals surface area contributed by atoms with E-state index in [9.17, 15) is 4.79 Å². The number of hydrogen-bond acceptors (Lipinski definition) is 3. The minimum atomic E-state index is 0. The second kappa shape index (κ2) is 7.19. The number of likely N-dealkylation sites (tertiary alicyclic amines) is 1. The molecule has 1 saturated heterocycles. The molecule has 0 aromatic heterocycles. The molecule has 1 atom stereocenters. The molecule has 0 spiro atoms. The van der Waals surface area contributed by atoms with Crippen molar-refractivity contribution in [3.8, 4) is 0 Å². The van der Waals surface area contributed by atoms with Crippen LogP contribution in [-0.2, 0) is 9.53 Å². The smallest absolute Gasteiger partial charge is 0.224 e. The number of piperidine rings is 1. The quantitative estimate of drug-likeness (QED) is 0.782. The fourth-order valence-corrected chi connectivity index (χ4v) is 2.05. The molecule has 0 aromatic rings. The van der Waals surface area contributed by atoms with Gasteiger partial charge in [0.15, 0.2) is 0 Å². The summed E-state index contributed by atoms with van der Waals surface area (Å²) in [7, 11) is 0. The van der Waals surface area contributed by atoms with Crippen molar-refractivity contribution in [2.24, 2.45) is 11.1 Å². The summed E-state index contributed by atoms with van der Waals surface area (Å²) in [4.78, 5) is 13.8. The molecule has 1 unspecified atom stereocenters. The fraction of sp³-hybridized carbons (Fsp3) is 0.917. The van der Waals surface area contributed by atoms with Crippen LogP contribution in [0.4, 0.5) is 0 Å². The van der Waals surface area contributed by atoms with Crippen LogP contribution < -0.4 is 5.73 Å². The molecule has 1 fully saturated rings. The van der Waals surface area contributed by atoms with Gasteiger partial charge in [-0.25, -0.2) is 0 Å². The maximum atomic E-state index is 11.9. The number of rotatable bonds is 4. The van der Waals surface area contributed by atoms with Crippen LogP contribution in [-0.4, -0.2) is 43.2 Å². The topological polar surface area (TPSA) is 55.6 Å². The van der Waals surface area contributed by atoms with E-state index in [-0.39, 0.29) is 29.8 Å². The van der Waals surface area contributed by atoms with Crippen molar-refractivity contribution in [3.05, 3.63) is 0 Å². The minimum Gasteiger partial charge on any atom is -0.381 e. The van der Waals surface area contributed by atoms with Crippen LogP contribution in [0.25, 0.3) is 0 Å². The first-order valence-electron chi connectivity index (χ1n) is 6.08. The lowest BCUT2D eigenvalue weighted by molar-refractivity contribution is -0.135. The second-order valence-corrected chi connectivity index (χ2v) is 5.15. The molecule has 0 bridgehead atoms. The maximum Gasteiger partial charge on any atom is 0.224 e. The first-order valence-corrected chi connectivity index (χ1v) is 6.08. The first-order chi connectivity index (χ1) is 7.47. The predicted molar refractivity (Wildman–Crippen MR) is 71.3 cm³/mol. The Morgan fingerprint density at radius 3 is 2.71 bits per heavy atom. The van der Waals surface area contributed by atoms with Gasteiger partial charge in [0.05, 0.1) is 13.0 Å². The summed E-state index contributed by atoms with van der Waals surface area (Å²) in [5.41, 5.74) is 6.06. The molecule has 17 heavy (non-hydrogen) atoms. The Morgan fingerprint density at radius 1 is 1.53 bits per heavy atom. The monoisotopic (exact) mass is 264 g/mol. The zero-order valence-electron chi connectivity index (χ0n) is 11.1. The first kappa shape index (κ1) is 16.7. The van der Waals surface area contributed by atoms with E-state index in [0.717, 1.165) is 19.5 Å². The standard InChI is InChI=1S/C12H24N2O2.ClH/c1-4-16-8-6-11(15)14-7-5-10(13)12(2,3)9-14;/h10H,4-9,13H2,1-3H3;1H. The number of ether oxygens (including phenoxy) is 1. The largest absolute Gasteiger partial charge is 0.381 e. The number of amides is 1. The molecule has 0 radical (unpaired) electrons. The summed E-state index contributed by atoms with van der Waals surface area (Å²) in [6.45, 7) is 8.93. The molecule has 1 amide bonds. The molecule has 4 nitrogen and oxygen atoms in total. The number of carbonyl (C=O) groups is 1. The average molecular weight is 265 g/mol. The molecule has 0 aliphatic carbocycles. The number of nitrogens with zero attached hydrogens (tertiary/aromatic N) is 1. The Balaban J connectivity index is 0.00000256. The van der Waals surface area contributed by atoms with E-state index in [0.29, 0.717) is 19.6 Å². The summed E-state index contributed by atoms with van der Waals surface area (Å²) in [5.74, 6) is 0.188. The van der Waals surface area contributed by atoms with Gasteiger partial charge in [-0.3, -0.25) is 4.79 Å². The molecule has 1 rings (SSSR count). The van der Waals surface area contributed by atoms with Gasteiger partial charge in [-0.05, 0) is 18.8 Å². The third kappa shape index (κ3) is 4.82. The lowest BCUT2D eigenvalue weighted by atomic mass is 9.79. The van der Waals surface area contributed by atoms with E-state index in [1.807, 2.05) is 11.8 Å². The zero-order valence-corrected chi connectivity index (χ0v) is 11.9. The second-order valence-electron chi connectivity index (χ2n) is 5.15. The van der Waals surface area contributed by atoms with Gasteiger partial charge in [0, 0.05) is 25.7 Å². The summed E-state index contributed by atoms with van der Waals surface area (Å²) < 4.78 is 5.20.